The summed E-state index contributed by atoms with van der Waals surface area (Å²) in [6.45, 7) is 3.42. The van der Waals surface area contributed by atoms with Gasteiger partial charge in [0.05, 0.1) is 6.61 Å². The Balaban J connectivity index is 2.07. The van der Waals surface area contributed by atoms with Crippen molar-refractivity contribution in [1.82, 2.24) is 0 Å². The molecule has 1 N–H and O–H groups in total. The Morgan fingerprint density at radius 2 is 1.41 bits per heavy atom. The number of hydrogen-bond donors (Lipinski definition) is 1. The summed E-state index contributed by atoms with van der Waals surface area (Å²) < 4.78 is 5.79. The molecule has 0 saturated carbocycles. The van der Waals surface area contributed by atoms with Crippen molar-refractivity contribution in [2.75, 3.05) is 13.2 Å². The lowest BCUT2D eigenvalue weighted by Gasteiger charge is -2.07. The fourth-order valence-electron chi connectivity index (χ4n) is 2.62. The lowest BCUT2D eigenvalue weighted by molar-refractivity contribution is 0.282. The number of aliphatic hydroxyl groups excluding tert-OH is 1. The predicted octanol–water partition coefficient (Wildman–Crippen LogP) is 5.52. The summed E-state index contributed by atoms with van der Waals surface area (Å²) in [4.78, 5) is 0. The number of ether oxygens (including phenoxy) is 1. The minimum Gasteiger partial charge on any atom is -0.494 e. The lowest BCUT2D eigenvalue weighted by atomic mass is 10.1. The van der Waals surface area contributed by atoms with Gasteiger partial charge < -0.3 is 9.84 Å². The number of hydrogen-bond acceptors (Lipinski definition) is 2. The topological polar surface area (TPSA) is 29.5 Å². The molecule has 1 rings (SSSR count). The van der Waals surface area contributed by atoms with Gasteiger partial charge in [-0.25, -0.2) is 0 Å². The van der Waals surface area contributed by atoms with Crippen LogP contribution in [0.4, 0.5) is 0 Å². The van der Waals surface area contributed by atoms with E-state index in [4.69, 9.17) is 9.84 Å². The molecular weight excluding hydrogens is 272 g/mol. The van der Waals surface area contributed by atoms with Crippen LogP contribution in [0.2, 0.25) is 0 Å². The van der Waals surface area contributed by atoms with E-state index in [-0.39, 0.29) is 0 Å². The molecule has 0 aliphatic carbocycles. The highest BCUT2D eigenvalue weighted by Gasteiger charge is 1.97. The zero-order chi connectivity index (χ0) is 15.9. The molecule has 1 aromatic rings. The van der Waals surface area contributed by atoms with Crippen LogP contribution in [0.1, 0.15) is 76.7 Å². The average Bonchev–Trinajstić information content (AvgIpc) is 2.55. The molecule has 0 amide bonds. The van der Waals surface area contributed by atoms with E-state index in [9.17, 15) is 0 Å². The van der Waals surface area contributed by atoms with Gasteiger partial charge in [-0.2, -0.15) is 0 Å². The minimum absolute atomic E-state index is 0.333. The predicted molar refractivity (Wildman–Crippen MR) is 94.6 cm³/mol. The Morgan fingerprint density at radius 1 is 0.773 bits per heavy atom. The van der Waals surface area contributed by atoms with Gasteiger partial charge in [-0.3, -0.25) is 0 Å². The molecule has 0 aromatic heterocycles. The number of aliphatic hydroxyl groups is 1. The Labute approximate surface area is 136 Å². The summed E-state index contributed by atoms with van der Waals surface area (Å²) in [5.74, 6) is 1.00. The standard InChI is InChI=1S/C20H34O2/c1-2-3-4-8-11-18-22-20-15-13-19(14-16-20)12-9-6-5-7-10-17-21/h13-16,21H,2-12,17-18H2,1H3. The summed E-state index contributed by atoms with van der Waals surface area (Å²) >= 11 is 0. The van der Waals surface area contributed by atoms with Gasteiger partial charge in [-0.05, 0) is 43.4 Å². The molecule has 0 spiro atoms. The van der Waals surface area contributed by atoms with Crippen LogP contribution in [0.3, 0.4) is 0 Å². The zero-order valence-corrected chi connectivity index (χ0v) is 14.4. The SMILES string of the molecule is CCCCCCCOc1ccc(CCCCCCCO)cc1. The van der Waals surface area contributed by atoms with Crippen molar-refractivity contribution in [2.45, 2.75) is 77.6 Å². The third kappa shape index (κ3) is 9.83. The van der Waals surface area contributed by atoms with Gasteiger partial charge in [-0.15, -0.1) is 0 Å². The first-order valence-corrected chi connectivity index (χ1v) is 9.19. The van der Waals surface area contributed by atoms with E-state index < -0.39 is 0 Å². The van der Waals surface area contributed by atoms with Gasteiger partial charge >= 0.3 is 0 Å². The lowest BCUT2D eigenvalue weighted by Crippen LogP contribution is -1.97. The molecule has 0 saturated heterocycles. The molecule has 2 heteroatoms. The Hall–Kier alpha value is -1.02. The van der Waals surface area contributed by atoms with Crippen LogP contribution in [0.5, 0.6) is 5.75 Å². The number of rotatable bonds is 14. The highest BCUT2D eigenvalue weighted by Crippen LogP contribution is 2.15. The summed E-state index contributed by atoms with van der Waals surface area (Å²) in [6, 6.07) is 8.60. The molecule has 0 fully saturated rings. The van der Waals surface area contributed by atoms with Crippen LogP contribution >= 0.6 is 0 Å². The maximum Gasteiger partial charge on any atom is 0.119 e. The Bertz CT molecular complexity index is 310. The quantitative estimate of drug-likeness (QED) is 0.458. The Morgan fingerprint density at radius 3 is 2.14 bits per heavy atom. The fourth-order valence-corrected chi connectivity index (χ4v) is 2.62. The van der Waals surface area contributed by atoms with E-state index in [2.05, 4.69) is 31.2 Å². The second-order valence-electron chi connectivity index (χ2n) is 6.15. The monoisotopic (exact) mass is 306 g/mol. The summed E-state index contributed by atoms with van der Waals surface area (Å²) in [7, 11) is 0. The first-order chi connectivity index (χ1) is 10.9. The third-order valence-corrected chi connectivity index (χ3v) is 4.06. The zero-order valence-electron chi connectivity index (χ0n) is 14.4. The van der Waals surface area contributed by atoms with Crippen molar-refractivity contribution in [2.24, 2.45) is 0 Å². The normalized spacial score (nSPS) is 10.8. The molecule has 0 bridgehead atoms. The molecule has 0 atom stereocenters. The van der Waals surface area contributed by atoms with Crippen LogP contribution in [0.25, 0.3) is 0 Å². The van der Waals surface area contributed by atoms with Gasteiger partial charge in [0.15, 0.2) is 0 Å². The maximum absolute atomic E-state index is 8.73. The molecule has 1 aromatic carbocycles. The smallest absolute Gasteiger partial charge is 0.119 e. The third-order valence-electron chi connectivity index (χ3n) is 4.06. The molecule has 0 heterocycles. The van der Waals surface area contributed by atoms with E-state index in [1.807, 2.05) is 0 Å². The molecule has 0 aliphatic heterocycles. The summed E-state index contributed by atoms with van der Waals surface area (Å²) in [5.41, 5.74) is 1.40. The fraction of sp³-hybridized carbons (Fsp3) is 0.700. The first kappa shape index (κ1) is 19.0. The highest BCUT2D eigenvalue weighted by molar-refractivity contribution is 5.27. The van der Waals surface area contributed by atoms with Crippen molar-refractivity contribution < 1.29 is 9.84 Å². The van der Waals surface area contributed by atoms with Gasteiger partial charge in [0, 0.05) is 6.61 Å². The van der Waals surface area contributed by atoms with E-state index in [1.54, 1.807) is 0 Å². The maximum atomic E-state index is 8.73. The van der Waals surface area contributed by atoms with Crippen LogP contribution in [-0.4, -0.2) is 18.3 Å². The molecule has 0 radical (unpaired) electrons. The van der Waals surface area contributed by atoms with Crippen LogP contribution < -0.4 is 4.74 Å². The van der Waals surface area contributed by atoms with E-state index in [1.165, 1.54) is 50.5 Å². The van der Waals surface area contributed by atoms with Gasteiger partial charge in [0.2, 0.25) is 0 Å². The number of aryl methyl sites for hydroxylation is 1. The minimum atomic E-state index is 0.333. The van der Waals surface area contributed by atoms with Crippen molar-refractivity contribution in [1.29, 1.82) is 0 Å². The van der Waals surface area contributed by atoms with Crippen molar-refractivity contribution in [3.8, 4) is 5.75 Å². The molecule has 2 nitrogen and oxygen atoms in total. The number of unbranched alkanes of at least 4 members (excludes halogenated alkanes) is 8. The van der Waals surface area contributed by atoms with Gasteiger partial charge in [0.1, 0.15) is 5.75 Å². The second kappa shape index (κ2) is 13.6. The number of benzene rings is 1. The summed E-state index contributed by atoms with van der Waals surface area (Å²) in [6.07, 6.45) is 13.4. The first-order valence-electron chi connectivity index (χ1n) is 9.19. The molecular formula is C20H34O2. The van der Waals surface area contributed by atoms with E-state index in [0.717, 1.165) is 38.0 Å². The van der Waals surface area contributed by atoms with Gasteiger partial charge in [-0.1, -0.05) is 64.0 Å². The largest absolute Gasteiger partial charge is 0.494 e. The summed E-state index contributed by atoms with van der Waals surface area (Å²) in [5, 5.41) is 8.73. The van der Waals surface area contributed by atoms with E-state index >= 15 is 0 Å². The molecule has 22 heavy (non-hydrogen) atoms. The van der Waals surface area contributed by atoms with Crippen molar-refractivity contribution in [3.63, 3.8) is 0 Å². The van der Waals surface area contributed by atoms with Crippen molar-refractivity contribution in [3.05, 3.63) is 29.8 Å². The Kier molecular flexibility index (Phi) is 11.8. The van der Waals surface area contributed by atoms with Crippen LogP contribution in [0.15, 0.2) is 24.3 Å². The van der Waals surface area contributed by atoms with Crippen LogP contribution in [-0.2, 0) is 6.42 Å². The average molecular weight is 306 g/mol. The molecule has 126 valence electrons. The van der Waals surface area contributed by atoms with E-state index in [0.29, 0.717) is 6.61 Å². The molecule has 0 aliphatic rings. The van der Waals surface area contributed by atoms with Gasteiger partial charge in [0.25, 0.3) is 0 Å². The molecule has 0 unspecified atom stereocenters. The van der Waals surface area contributed by atoms with Crippen LogP contribution in [0, 0.1) is 0 Å². The highest BCUT2D eigenvalue weighted by atomic mass is 16.5. The van der Waals surface area contributed by atoms with Crippen molar-refractivity contribution >= 4 is 0 Å². The second-order valence-corrected chi connectivity index (χ2v) is 6.15.